The summed E-state index contributed by atoms with van der Waals surface area (Å²) in [6.45, 7) is 0.596. The molecule has 4 aliphatic rings. The second-order valence-corrected chi connectivity index (χ2v) is 9.29. The lowest BCUT2D eigenvalue weighted by molar-refractivity contribution is -0.127. The molecule has 1 unspecified atom stereocenters. The van der Waals surface area contributed by atoms with Crippen LogP contribution in [0.5, 0.6) is 0 Å². The Morgan fingerprint density at radius 2 is 2.00 bits per heavy atom. The molecule has 5 rings (SSSR count). The van der Waals surface area contributed by atoms with Crippen LogP contribution in [0.25, 0.3) is 0 Å². The molecule has 1 spiro atoms. The lowest BCUT2D eigenvalue weighted by Gasteiger charge is -2.22. The summed E-state index contributed by atoms with van der Waals surface area (Å²) in [5.41, 5.74) is 0.874. The minimum absolute atomic E-state index is 0.0830. The molecule has 2 bridgehead atoms. The van der Waals surface area contributed by atoms with Crippen LogP contribution in [0.3, 0.4) is 0 Å². The molecule has 2 amide bonds. The number of hydrogen-bond donors (Lipinski definition) is 0. The fraction of sp³-hybridized carbons (Fsp3) is 0.550. The quantitative estimate of drug-likeness (QED) is 0.779. The number of rotatable bonds is 3. The lowest BCUT2D eigenvalue weighted by Crippen LogP contribution is -2.41. The van der Waals surface area contributed by atoms with Gasteiger partial charge >= 0.3 is 0 Å². The molecule has 25 heavy (non-hydrogen) atoms. The van der Waals surface area contributed by atoms with Gasteiger partial charge in [-0.1, -0.05) is 36.4 Å². The van der Waals surface area contributed by atoms with E-state index in [0.29, 0.717) is 18.9 Å². The van der Waals surface area contributed by atoms with E-state index in [2.05, 4.69) is 4.99 Å². The number of fused-ring (bicyclic) bond motifs is 2. The van der Waals surface area contributed by atoms with E-state index >= 15 is 0 Å². The van der Waals surface area contributed by atoms with E-state index < -0.39 is 4.75 Å². The number of thioether (sulfide) groups is 1. The Hall–Kier alpha value is -1.62. The van der Waals surface area contributed by atoms with Crippen LogP contribution in [0.2, 0.25) is 0 Å². The number of hydrogen-bond acceptors (Lipinski definition) is 3. The normalized spacial score (nSPS) is 36.7. The molecule has 0 N–H and O–H groups in total. The zero-order valence-corrected chi connectivity index (χ0v) is 15.0. The van der Waals surface area contributed by atoms with E-state index in [4.69, 9.17) is 0 Å². The Morgan fingerprint density at radius 1 is 1.16 bits per heavy atom. The van der Waals surface area contributed by atoms with Gasteiger partial charge in [0.15, 0.2) is 4.75 Å². The molecule has 0 aromatic heterocycles. The molecule has 1 aromatic rings. The first kappa shape index (κ1) is 15.6. The predicted octanol–water partition coefficient (Wildman–Crippen LogP) is 3.66. The molecule has 2 aliphatic carbocycles. The van der Waals surface area contributed by atoms with Crippen LogP contribution in [0.4, 0.5) is 5.69 Å². The molecule has 4 atom stereocenters. The highest BCUT2D eigenvalue weighted by atomic mass is 32.2. The average Bonchev–Trinajstić information content (AvgIpc) is 3.36. The van der Waals surface area contributed by atoms with Gasteiger partial charge in [-0.15, -0.1) is 0 Å². The number of aliphatic imine (C=N–C) groups is 1. The highest BCUT2D eigenvalue weighted by molar-refractivity contribution is 8.17. The molecule has 5 heteroatoms. The topological polar surface area (TPSA) is 49.7 Å². The number of amides is 2. The molecule has 2 heterocycles. The minimum atomic E-state index is -0.983. The fourth-order valence-electron chi connectivity index (χ4n) is 5.25. The van der Waals surface area contributed by atoms with Gasteiger partial charge in [0.1, 0.15) is 0 Å². The molecular weight excluding hydrogens is 332 g/mol. The standard InChI is InChI=1S/C20H22N2O2S/c23-18-20(8-9-22(19(20)24)16-4-2-1-3-5-16)25-17(21-18)12-15-11-13-6-7-14(15)10-13/h1-5,13-15H,6-12H2/t13-,14+,15-,20?/m1/s1. The summed E-state index contributed by atoms with van der Waals surface area (Å²) in [4.78, 5) is 31.8. The Kier molecular flexibility index (Phi) is 3.56. The lowest BCUT2D eigenvalue weighted by atomic mass is 9.87. The van der Waals surface area contributed by atoms with E-state index in [1.165, 1.54) is 37.4 Å². The number of benzene rings is 1. The zero-order valence-electron chi connectivity index (χ0n) is 14.2. The highest BCUT2D eigenvalue weighted by Crippen LogP contribution is 2.52. The van der Waals surface area contributed by atoms with Crippen molar-refractivity contribution in [1.82, 2.24) is 0 Å². The molecule has 2 aliphatic heterocycles. The van der Waals surface area contributed by atoms with E-state index in [-0.39, 0.29) is 11.8 Å². The van der Waals surface area contributed by atoms with Crippen molar-refractivity contribution in [2.24, 2.45) is 22.7 Å². The van der Waals surface area contributed by atoms with Crippen LogP contribution >= 0.6 is 11.8 Å². The molecule has 130 valence electrons. The summed E-state index contributed by atoms with van der Waals surface area (Å²) >= 11 is 1.46. The third kappa shape index (κ3) is 2.39. The van der Waals surface area contributed by atoms with Gasteiger partial charge < -0.3 is 4.90 Å². The molecule has 1 aromatic carbocycles. The SMILES string of the molecule is O=C1N=C(C[C@H]2C[C@@H]3CC[C@H]2C3)SC12CCN(c1ccccc1)C2=O. The summed E-state index contributed by atoms with van der Waals surface area (Å²) in [5, 5.41) is 0.908. The van der Waals surface area contributed by atoms with Crippen LogP contribution in [0.15, 0.2) is 35.3 Å². The molecule has 0 radical (unpaired) electrons. The van der Waals surface area contributed by atoms with Gasteiger partial charge in [0.25, 0.3) is 11.8 Å². The summed E-state index contributed by atoms with van der Waals surface area (Å²) < 4.78 is -0.983. The summed E-state index contributed by atoms with van der Waals surface area (Å²) in [6, 6.07) is 9.64. The van der Waals surface area contributed by atoms with Crippen molar-refractivity contribution in [2.45, 2.75) is 43.3 Å². The Bertz CT molecular complexity index is 762. The highest BCUT2D eigenvalue weighted by Gasteiger charge is 2.57. The minimum Gasteiger partial charge on any atom is -0.311 e. The van der Waals surface area contributed by atoms with Crippen LogP contribution in [-0.2, 0) is 9.59 Å². The molecule has 4 nitrogen and oxygen atoms in total. The van der Waals surface area contributed by atoms with Gasteiger partial charge in [-0.2, -0.15) is 0 Å². The molecular formula is C20H22N2O2S. The fourth-order valence-corrected chi connectivity index (χ4v) is 6.60. The van der Waals surface area contributed by atoms with Gasteiger partial charge in [-0.3, -0.25) is 9.59 Å². The first-order valence-electron chi connectivity index (χ1n) is 9.34. The second-order valence-electron chi connectivity index (χ2n) is 7.92. The van der Waals surface area contributed by atoms with E-state index in [0.717, 1.165) is 29.0 Å². The third-order valence-electron chi connectivity index (χ3n) is 6.53. The zero-order chi connectivity index (χ0) is 17.0. The predicted molar refractivity (Wildman–Crippen MR) is 99.7 cm³/mol. The Balaban J connectivity index is 1.32. The maximum Gasteiger partial charge on any atom is 0.272 e. The number of para-hydroxylation sites is 1. The molecule has 3 fully saturated rings. The van der Waals surface area contributed by atoms with Crippen LogP contribution in [0, 0.1) is 17.8 Å². The summed E-state index contributed by atoms with van der Waals surface area (Å²) in [5.74, 6) is 2.09. The summed E-state index contributed by atoms with van der Waals surface area (Å²) in [7, 11) is 0. The number of nitrogens with zero attached hydrogens (tertiary/aromatic N) is 2. The van der Waals surface area contributed by atoms with Crippen LogP contribution in [0.1, 0.15) is 38.5 Å². The Labute approximate surface area is 152 Å². The van der Waals surface area contributed by atoms with Crippen molar-refractivity contribution < 1.29 is 9.59 Å². The van der Waals surface area contributed by atoms with E-state index in [9.17, 15) is 9.59 Å². The first-order valence-corrected chi connectivity index (χ1v) is 10.2. The van der Waals surface area contributed by atoms with E-state index in [1.54, 1.807) is 4.90 Å². The van der Waals surface area contributed by atoms with Gasteiger partial charge in [0.2, 0.25) is 0 Å². The van der Waals surface area contributed by atoms with Gasteiger partial charge in [0.05, 0.1) is 5.04 Å². The van der Waals surface area contributed by atoms with Gasteiger partial charge in [-0.25, -0.2) is 4.99 Å². The number of anilines is 1. The maximum absolute atomic E-state index is 13.1. The Morgan fingerprint density at radius 3 is 2.72 bits per heavy atom. The summed E-state index contributed by atoms with van der Waals surface area (Å²) in [6.07, 6.45) is 6.84. The third-order valence-corrected chi connectivity index (χ3v) is 7.93. The largest absolute Gasteiger partial charge is 0.311 e. The van der Waals surface area contributed by atoms with Crippen molar-refractivity contribution >= 4 is 34.3 Å². The number of carbonyl (C=O) groups excluding carboxylic acids is 2. The van der Waals surface area contributed by atoms with Crippen LogP contribution in [-0.4, -0.2) is 28.1 Å². The maximum atomic E-state index is 13.1. The monoisotopic (exact) mass is 354 g/mol. The average molecular weight is 354 g/mol. The van der Waals surface area contributed by atoms with Crippen molar-refractivity contribution in [2.75, 3.05) is 11.4 Å². The molecule has 1 saturated heterocycles. The van der Waals surface area contributed by atoms with Gasteiger partial charge in [-0.05, 0) is 62.0 Å². The van der Waals surface area contributed by atoms with Crippen molar-refractivity contribution in [3.63, 3.8) is 0 Å². The molecule has 2 saturated carbocycles. The van der Waals surface area contributed by atoms with Gasteiger partial charge in [0, 0.05) is 12.2 Å². The smallest absolute Gasteiger partial charge is 0.272 e. The first-order chi connectivity index (χ1) is 12.2. The van der Waals surface area contributed by atoms with Crippen molar-refractivity contribution in [1.29, 1.82) is 0 Å². The van der Waals surface area contributed by atoms with Crippen molar-refractivity contribution in [3.05, 3.63) is 30.3 Å². The van der Waals surface area contributed by atoms with E-state index in [1.807, 2.05) is 30.3 Å². The van der Waals surface area contributed by atoms with Crippen LogP contribution < -0.4 is 4.90 Å². The second kappa shape index (κ2) is 5.70. The van der Waals surface area contributed by atoms with Crippen molar-refractivity contribution in [3.8, 4) is 0 Å². The number of carbonyl (C=O) groups is 2.